The van der Waals surface area contributed by atoms with Gasteiger partial charge in [-0.25, -0.2) is 9.37 Å². The smallest absolute Gasteiger partial charge is 0.237 e. The summed E-state index contributed by atoms with van der Waals surface area (Å²) in [6, 6.07) is 8.18. The first kappa shape index (κ1) is 23.0. The number of halogens is 2. The molecule has 1 aromatic heterocycles. The Morgan fingerprint density at radius 1 is 1.19 bits per heavy atom. The number of hydrogen-bond donors (Lipinski definition) is 1. The van der Waals surface area contributed by atoms with Crippen LogP contribution in [-0.4, -0.2) is 73.6 Å². The molecule has 32 heavy (non-hydrogen) atoms. The monoisotopic (exact) mass is 463 g/mol. The lowest BCUT2D eigenvalue weighted by atomic mass is 9.98. The van der Waals surface area contributed by atoms with Gasteiger partial charge in [-0.1, -0.05) is 11.6 Å². The molecule has 2 saturated heterocycles. The number of nitrogens with zero attached hydrogens (tertiary/aromatic N) is 4. The van der Waals surface area contributed by atoms with Crippen LogP contribution in [0.15, 0.2) is 30.5 Å². The van der Waals surface area contributed by atoms with E-state index in [1.54, 1.807) is 13.1 Å². The summed E-state index contributed by atoms with van der Waals surface area (Å²) in [5.74, 6) is 1.24. The number of aromatic nitrogens is 2. The lowest BCUT2D eigenvalue weighted by Gasteiger charge is -2.32. The van der Waals surface area contributed by atoms with E-state index in [0.29, 0.717) is 35.9 Å². The Morgan fingerprint density at radius 2 is 1.91 bits per heavy atom. The van der Waals surface area contributed by atoms with E-state index < -0.39 is 6.17 Å². The van der Waals surface area contributed by atoms with Crippen molar-refractivity contribution in [2.24, 2.45) is 5.92 Å². The average molecular weight is 464 g/mol. The fourth-order valence-corrected chi connectivity index (χ4v) is 4.25. The normalized spacial score (nSPS) is 19.0. The van der Waals surface area contributed by atoms with Crippen LogP contribution in [-0.2, 0) is 4.74 Å². The molecule has 2 aliphatic heterocycles. The highest BCUT2D eigenvalue weighted by molar-refractivity contribution is 6.31. The summed E-state index contributed by atoms with van der Waals surface area (Å²) in [6.07, 6.45) is 2.73. The molecule has 0 bridgehead atoms. The molecule has 1 N–H and O–H groups in total. The maximum Gasteiger partial charge on any atom is 0.237 e. The van der Waals surface area contributed by atoms with E-state index in [-0.39, 0.29) is 0 Å². The van der Waals surface area contributed by atoms with Gasteiger partial charge < -0.3 is 24.6 Å². The first-order chi connectivity index (χ1) is 15.6. The van der Waals surface area contributed by atoms with Gasteiger partial charge in [0.1, 0.15) is 11.2 Å². The van der Waals surface area contributed by atoms with Gasteiger partial charge in [-0.3, -0.25) is 0 Å². The Labute approximate surface area is 193 Å². The minimum Gasteiger partial charge on any atom is -0.476 e. The molecule has 0 spiro atoms. The van der Waals surface area contributed by atoms with Gasteiger partial charge in [0.2, 0.25) is 11.8 Å². The molecular weight excluding hydrogens is 433 g/mol. The zero-order valence-corrected chi connectivity index (χ0v) is 19.2. The quantitative estimate of drug-likeness (QED) is 0.630. The molecule has 0 saturated carbocycles. The number of hydrogen-bond acceptors (Lipinski definition) is 7. The number of benzene rings is 1. The molecule has 3 heterocycles. The second-order valence-electron chi connectivity index (χ2n) is 8.45. The molecule has 7 nitrogen and oxygen atoms in total. The zero-order valence-electron chi connectivity index (χ0n) is 18.5. The van der Waals surface area contributed by atoms with Gasteiger partial charge in [-0.15, -0.1) is 0 Å². The summed E-state index contributed by atoms with van der Waals surface area (Å²) >= 11 is 6.26. The van der Waals surface area contributed by atoms with Crippen LogP contribution in [0.1, 0.15) is 19.8 Å². The van der Waals surface area contributed by atoms with E-state index in [4.69, 9.17) is 21.1 Å². The van der Waals surface area contributed by atoms with E-state index in [1.165, 1.54) is 5.69 Å². The van der Waals surface area contributed by atoms with Crippen LogP contribution in [0, 0.1) is 5.92 Å². The van der Waals surface area contributed by atoms with Crippen LogP contribution in [0.4, 0.5) is 21.7 Å². The Kier molecular flexibility index (Phi) is 8.00. The lowest BCUT2D eigenvalue weighted by molar-refractivity contribution is 0.119. The summed E-state index contributed by atoms with van der Waals surface area (Å²) < 4.78 is 24.5. The maximum atomic E-state index is 13.2. The Hall–Kier alpha value is -2.16. The van der Waals surface area contributed by atoms with Gasteiger partial charge in [0.25, 0.3) is 0 Å². The van der Waals surface area contributed by atoms with Crippen molar-refractivity contribution >= 4 is 28.9 Å². The van der Waals surface area contributed by atoms with Crippen LogP contribution in [0.25, 0.3) is 0 Å². The molecule has 0 aliphatic carbocycles. The molecule has 174 valence electrons. The van der Waals surface area contributed by atoms with Crippen molar-refractivity contribution in [1.82, 2.24) is 14.9 Å². The van der Waals surface area contributed by atoms with Crippen LogP contribution in [0.2, 0.25) is 5.02 Å². The SMILES string of the molecule is CC(F)CN1CCC(COc2nc(Nc3ccc(N4CCOCC4)cc3)ncc2Cl)CC1. The van der Waals surface area contributed by atoms with E-state index in [2.05, 4.69) is 37.2 Å². The van der Waals surface area contributed by atoms with E-state index in [9.17, 15) is 4.39 Å². The average Bonchev–Trinajstić information content (AvgIpc) is 2.81. The standard InChI is InChI=1S/C23H31ClFN5O2/c1-17(25)15-29-8-6-18(7-9-29)16-32-22-21(24)14-26-23(28-22)27-19-2-4-20(5-3-19)30-10-12-31-13-11-30/h2-5,14,17-18H,6-13,15-16H2,1H3,(H,26,27,28). The van der Waals surface area contributed by atoms with Crippen molar-refractivity contribution in [1.29, 1.82) is 0 Å². The van der Waals surface area contributed by atoms with Crippen molar-refractivity contribution in [3.63, 3.8) is 0 Å². The van der Waals surface area contributed by atoms with E-state index >= 15 is 0 Å². The number of ether oxygens (including phenoxy) is 2. The van der Waals surface area contributed by atoms with Crippen LogP contribution >= 0.6 is 11.6 Å². The summed E-state index contributed by atoms with van der Waals surface area (Å²) in [5.41, 5.74) is 2.07. The van der Waals surface area contributed by atoms with Gasteiger partial charge in [0.15, 0.2) is 0 Å². The van der Waals surface area contributed by atoms with Gasteiger partial charge in [0.05, 0.1) is 26.0 Å². The van der Waals surface area contributed by atoms with Crippen LogP contribution in [0.5, 0.6) is 5.88 Å². The number of alkyl halides is 1. The van der Waals surface area contributed by atoms with E-state index in [0.717, 1.165) is 57.9 Å². The third-order valence-corrected chi connectivity index (χ3v) is 6.14. The molecule has 1 unspecified atom stereocenters. The number of nitrogens with one attached hydrogen (secondary N) is 1. The molecule has 1 atom stereocenters. The molecule has 0 amide bonds. The fourth-order valence-electron chi connectivity index (χ4n) is 4.11. The highest BCUT2D eigenvalue weighted by atomic mass is 35.5. The summed E-state index contributed by atoms with van der Waals surface area (Å²) in [6.45, 7) is 7.78. The first-order valence-corrected chi connectivity index (χ1v) is 11.7. The summed E-state index contributed by atoms with van der Waals surface area (Å²) in [4.78, 5) is 13.2. The fraction of sp³-hybridized carbons (Fsp3) is 0.565. The van der Waals surface area contributed by atoms with Crippen molar-refractivity contribution < 1.29 is 13.9 Å². The molecule has 2 fully saturated rings. The van der Waals surface area contributed by atoms with E-state index in [1.807, 2.05) is 12.1 Å². The van der Waals surface area contributed by atoms with Gasteiger partial charge in [-0.05, 0) is 63.0 Å². The van der Waals surface area contributed by atoms with Crippen LogP contribution in [0.3, 0.4) is 0 Å². The Morgan fingerprint density at radius 3 is 2.59 bits per heavy atom. The Bertz CT molecular complexity index is 856. The molecule has 9 heteroatoms. The molecule has 2 aliphatic rings. The van der Waals surface area contributed by atoms with Gasteiger partial charge in [-0.2, -0.15) is 4.98 Å². The predicted molar refractivity (Wildman–Crippen MR) is 125 cm³/mol. The minimum absolute atomic E-state index is 0.383. The van der Waals surface area contributed by atoms with Crippen molar-refractivity contribution in [2.45, 2.75) is 25.9 Å². The van der Waals surface area contributed by atoms with Gasteiger partial charge in [0, 0.05) is 31.0 Å². The number of anilines is 3. The molecule has 1 aromatic carbocycles. The number of piperidine rings is 1. The van der Waals surface area contributed by atoms with Crippen molar-refractivity contribution in [3.05, 3.63) is 35.5 Å². The Balaban J connectivity index is 1.30. The third-order valence-electron chi connectivity index (χ3n) is 5.88. The molecular formula is C23H31ClFN5O2. The minimum atomic E-state index is -0.788. The predicted octanol–water partition coefficient (Wildman–Crippen LogP) is 4.16. The highest BCUT2D eigenvalue weighted by Crippen LogP contribution is 2.26. The summed E-state index contributed by atoms with van der Waals surface area (Å²) in [5, 5.41) is 3.61. The van der Waals surface area contributed by atoms with Crippen LogP contribution < -0.4 is 15.0 Å². The second kappa shape index (κ2) is 11.1. The number of likely N-dealkylation sites (tertiary alicyclic amines) is 1. The lowest BCUT2D eigenvalue weighted by Crippen LogP contribution is -2.38. The first-order valence-electron chi connectivity index (χ1n) is 11.3. The topological polar surface area (TPSA) is 62.8 Å². The summed E-state index contributed by atoms with van der Waals surface area (Å²) in [7, 11) is 0. The molecule has 0 radical (unpaired) electrons. The molecule has 2 aromatic rings. The highest BCUT2D eigenvalue weighted by Gasteiger charge is 2.21. The van der Waals surface area contributed by atoms with Crippen molar-refractivity contribution in [2.75, 3.05) is 62.8 Å². The second-order valence-corrected chi connectivity index (χ2v) is 8.86. The third kappa shape index (κ3) is 6.43. The number of rotatable bonds is 8. The largest absolute Gasteiger partial charge is 0.476 e. The van der Waals surface area contributed by atoms with Crippen molar-refractivity contribution in [3.8, 4) is 5.88 Å². The zero-order chi connectivity index (χ0) is 22.3. The van der Waals surface area contributed by atoms with Gasteiger partial charge >= 0.3 is 0 Å². The number of morpholine rings is 1. The maximum absolute atomic E-state index is 13.2. The molecule has 4 rings (SSSR count).